The van der Waals surface area contributed by atoms with Gasteiger partial charge in [-0.05, 0) is 49.1 Å². The van der Waals surface area contributed by atoms with Gasteiger partial charge in [-0.1, -0.05) is 44.2 Å². The smallest absolute Gasteiger partial charge is 0.266 e. The fraction of sp³-hybridized carbons (Fsp3) is 0.364. The number of imide groups is 1. The first-order valence-electron chi connectivity index (χ1n) is 9.43. The Balaban J connectivity index is 1.70. The maximum absolute atomic E-state index is 13.3. The molecule has 2 aromatic carbocycles. The molecule has 3 atom stereocenters. The van der Waals surface area contributed by atoms with Crippen LogP contribution in [0.1, 0.15) is 25.8 Å². The van der Waals surface area contributed by atoms with Crippen molar-refractivity contribution in [3.63, 3.8) is 0 Å². The van der Waals surface area contributed by atoms with Crippen molar-refractivity contribution in [2.45, 2.75) is 39.3 Å². The first-order chi connectivity index (χ1) is 13.0. The van der Waals surface area contributed by atoms with E-state index in [0.717, 1.165) is 17.7 Å². The molecule has 0 bridgehead atoms. The van der Waals surface area contributed by atoms with E-state index in [-0.39, 0.29) is 17.9 Å². The zero-order valence-electron chi connectivity index (χ0n) is 15.8. The molecule has 0 N–H and O–H groups in total. The van der Waals surface area contributed by atoms with E-state index in [1.54, 1.807) is 11.1 Å². The number of carbonyl (C=O) groups is 2. The van der Waals surface area contributed by atoms with E-state index in [1.807, 2.05) is 55.5 Å². The minimum absolute atomic E-state index is 0.163. The Labute approximate surface area is 159 Å². The second-order valence-corrected chi connectivity index (χ2v) is 7.76. The van der Waals surface area contributed by atoms with Crippen molar-refractivity contribution in [1.29, 1.82) is 0 Å². The molecule has 2 heterocycles. The number of hydrogen-bond donors (Lipinski definition) is 0. The van der Waals surface area contributed by atoms with Crippen LogP contribution in [-0.4, -0.2) is 24.0 Å². The number of amides is 2. The number of carbonyl (C=O) groups excluding carboxylic acids is 2. The van der Waals surface area contributed by atoms with Gasteiger partial charge < -0.3 is 0 Å². The SMILES string of the molecule is Cc1cccc(N2C(=O)[C@@H]3[C@H](ON(c4ccccc4)[C@H]3CC(C)C)C2=O)c1. The highest BCUT2D eigenvalue weighted by molar-refractivity contribution is 6.23. The van der Waals surface area contributed by atoms with Crippen LogP contribution in [0, 0.1) is 18.8 Å². The lowest BCUT2D eigenvalue weighted by molar-refractivity contribution is -0.126. The van der Waals surface area contributed by atoms with E-state index in [4.69, 9.17) is 4.84 Å². The monoisotopic (exact) mass is 364 g/mol. The zero-order chi connectivity index (χ0) is 19.1. The Morgan fingerprint density at radius 2 is 1.67 bits per heavy atom. The lowest BCUT2D eigenvalue weighted by Gasteiger charge is -2.29. The van der Waals surface area contributed by atoms with Crippen LogP contribution in [0.25, 0.3) is 0 Å². The van der Waals surface area contributed by atoms with E-state index >= 15 is 0 Å². The Morgan fingerprint density at radius 3 is 2.33 bits per heavy atom. The van der Waals surface area contributed by atoms with Gasteiger partial charge in [-0.25, -0.2) is 9.96 Å². The van der Waals surface area contributed by atoms with Gasteiger partial charge in [-0.15, -0.1) is 0 Å². The molecular formula is C22H24N2O3. The summed E-state index contributed by atoms with van der Waals surface area (Å²) < 4.78 is 0. The Kier molecular flexibility index (Phi) is 4.48. The van der Waals surface area contributed by atoms with E-state index in [2.05, 4.69) is 13.8 Å². The first kappa shape index (κ1) is 17.7. The van der Waals surface area contributed by atoms with Crippen LogP contribution >= 0.6 is 0 Å². The van der Waals surface area contributed by atoms with Crippen LogP contribution in [0.15, 0.2) is 54.6 Å². The molecule has 0 unspecified atom stereocenters. The Bertz CT molecular complexity index is 865. The summed E-state index contributed by atoms with van der Waals surface area (Å²) in [6, 6.07) is 17.0. The number of aryl methyl sites for hydroxylation is 1. The van der Waals surface area contributed by atoms with Gasteiger partial charge >= 0.3 is 0 Å². The van der Waals surface area contributed by atoms with Gasteiger partial charge in [-0.3, -0.25) is 14.4 Å². The summed E-state index contributed by atoms with van der Waals surface area (Å²) in [5.74, 6) is -0.553. The van der Waals surface area contributed by atoms with Gasteiger partial charge in [0.2, 0.25) is 5.91 Å². The molecule has 5 heteroatoms. The standard InChI is InChI=1S/C22H24N2O3/c1-14(2)12-18-19-20(27-24(18)16-9-5-4-6-10-16)22(26)23(21(19)25)17-11-7-8-15(3)13-17/h4-11,13-14,18-20H,12H2,1-3H3/t18-,19-,20-/m0/s1. The largest absolute Gasteiger partial charge is 0.273 e. The normalized spacial score (nSPS) is 24.8. The molecule has 0 aromatic heterocycles. The van der Waals surface area contributed by atoms with E-state index in [9.17, 15) is 9.59 Å². The lowest BCUT2D eigenvalue weighted by Crippen LogP contribution is -2.41. The van der Waals surface area contributed by atoms with E-state index in [1.165, 1.54) is 4.90 Å². The number of anilines is 2. The second-order valence-electron chi connectivity index (χ2n) is 7.76. The quantitative estimate of drug-likeness (QED) is 0.776. The van der Waals surface area contributed by atoms with Crippen LogP contribution in [0.3, 0.4) is 0 Å². The molecule has 2 saturated heterocycles. The maximum Gasteiger partial charge on any atom is 0.266 e. The third-order valence-electron chi connectivity index (χ3n) is 5.22. The predicted molar refractivity (Wildman–Crippen MR) is 104 cm³/mol. The van der Waals surface area contributed by atoms with Crippen LogP contribution in [0.5, 0.6) is 0 Å². The van der Waals surface area contributed by atoms with Gasteiger partial charge in [-0.2, -0.15) is 0 Å². The molecule has 5 nitrogen and oxygen atoms in total. The van der Waals surface area contributed by atoms with Crippen LogP contribution in [0.4, 0.5) is 11.4 Å². The number of hydroxylamine groups is 1. The highest BCUT2D eigenvalue weighted by atomic mass is 16.7. The molecule has 2 fully saturated rings. The number of hydrogen-bond acceptors (Lipinski definition) is 4. The second kappa shape index (κ2) is 6.82. The number of para-hydroxylation sites is 1. The number of fused-ring (bicyclic) bond motifs is 1. The molecule has 0 radical (unpaired) electrons. The third-order valence-corrected chi connectivity index (χ3v) is 5.22. The zero-order valence-corrected chi connectivity index (χ0v) is 15.8. The summed E-state index contributed by atoms with van der Waals surface area (Å²) in [5, 5.41) is 1.78. The minimum atomic E-state index is -0.762. The number of nitrogens with zero attached hydrogens (tertiary/aromatic N) is 2. The average Bonchev–Trinajstić information content (AvgIpc) is 3.12. The molecular weight excluding hydrogens is 340 g/mol. The van der Waals surface area contributed by atoms with Crippen molar-refractivity contribution in [3.05, 3.63) is 60.2 Å². The molecule has 2 aromatic rings. The van der Waals surface area contributed by atoms with Crippen LogP contribution in [0.2, 0.25) is 0 Å². The van der Waals surface area contributed by atoms with Gasteiger partial charge in [0, 0.05) is 0 Å². The molecule has 0 saturated carbocycles. The van der Waals surface area contributed by atoms with Gasteiger partial charge in [0.1, 0.15) is 0 Å². The topological polar surface area (TPSA) is 49.9 Å². The molecule has 2 aliphatic heterocycles. The Morgan fingerprint density at radius 1 is 0.963 bits per heavy atom. The average molecular weight is 364 g/mol. The maximum atomic E-state index is 13.3. The Hall–Kier alpha value is -2.66. The molecule has 2 amide bonds. The summed E-state index contributed by atoms with van der Waals surface area (Å²) in [7, 11) is 0. The predicted octanol–water partition coefficient (Wildman–Crippen LogP) is 3.72. The summed E-state index contributed by atoms with van der Waals surface area (Å²) in [6.07, 6.45) is 0.0125. The third kappa shape index (κ3) is 3.02. The van der Waals surface area contributed by atoms with Crippen molar-refractivity contribution < 1.29 is 14.4 Å². The van der Waals surface area contributed by atoms with Gasteiger partial charge in [0.25, 0.3) is 5.91 Å². The van der Waals surface area contributed by atoms with Crippen molar-refractivity contribution in [1.82, 2.24) is 0 Å². The summed E-state index contributed by atoms with van der Waals surface area (Å²) in [4.78, 5) is 33.7. The first-order valence-corrected chi connectivity index (χ1v) is 9.43. The fourth-order valence-corrected chi connectivity index (χ4v) is 4.07. The summed E-state index contributed by atoms with van der Waals surface area (Å²) >= 11 is 0. The van der Waals surface area contributed by atoms with Crippen LogP contribution in [-0.2, 0) is 14.4 Å². The molecule has 0 aliphatic carbocycles. The van der Waals surface area contributed by atoms with Crippen molar-refractivity contribution in [3.8, 4) is 0 Å². The number of benzene rings is 2. The summed E-state index contributed by atoms with van der Waals surface area (Å²) in [6.45, 7) is 6.19. The highest BCUT2D eigenvalue weighted by Gasteiger charge is 2.59. The molecule has 27 heavy (non-hydrogen) atoms. The van der Waals surface area contributed by atoms with Crippen molar-refractivity contribution in [2.24, 2.45) is 11.8 Å². The van der Waals surface area contributed by atoms with Crippen molar-refractivity contribution in [2.75, 3.05) is 9.96 Å². The van der Waals surface area contributed by atoms with Crippen molar-refractivity contribution >= 4 is 23.2 Å². The molecule has 140 valence electrons. The minimum Gasteiger partial charge on any atom is -0.273 e. The highest BCUT2D eigenvalue weighted by Crippen LogP contribution is 2.42. The molecule has 2 aliphatic rings. The lowest BCUT2D eigenvalue weighted by atomic mass is 9.90. The van der Waals surface area contributed by atoms with Gasteiger partial charge in [0.05, 0.1) is 23.3 Å². The fourth-order valence-electron chi connectivity index (χ4n) is 4.07. The molecule has 0 spiro atoms. The molecule has 4 rings (SSSR count). The van der Waals surface area contributed by atoms with Gasteiger partial charge in [0.15, 0.2) is 6.10 Å². The number of rotatable bonds is 4. The summed E-state index contributed by atoms with van der Waals surface area (Å²) in [5.41, 5.74) is 2.51. The van der Waals surface area contributed by atoms with E-state index in [0.29, 0.717) is 11.6 Å². The van der Waals surface area contributed by atoms with E-state index < -0.39 is 12.0 Å². The van der Waals surface area contributed by atoms with Crippen LogP contribution < -0.4 is 9.96 Å².